The summed E-state index contributed by atoms with van der Waals surface area (Å²) in [6.07, 6.45) is 8.40. The monoisotopic (exact) mass is 756 g/mol. The van der Waals surface area contributed by atoms with Gasteiger partial charge >= 0.3 is 5.97 Å². The van der Waals surface area contributed by atoms with Crippen LogP contribution >= 0.6 is 22.7 Å². The van der Waals surface area contributed by atoms with E-state index in [9.17, 15) is 25.2 Å². The van der Waals surface area contributed by atoms with E-state index < -0.39 is 18.3 Å². The zero-order valence-corrected chi connectivity index (χ0v) is 31.8. The van der Waals surface area contributed by atoms with Crippen LogP contribution in [-0.2, 0) is 9.59 Å². The van der Waals surface area contributed by atoms with Crippen LogP contribution in [0.25, 0.3) is 43.5 Å². The summed E-state index contributed by atoms with van der Waals surface area (Å²) < 4.78 is 0. The highest BCUT2D eigenvalue weighted by Gasteiger charge is 2.42. The van der Waals surface area contributed by atoms with Gasteiger partial charge in [-0.3, -0.25) is 9.59 Å². The molecule has 2 atom stereocenters. The fraction of sp³-hybridized carbons (Fsp3) is 0.174. The van der Waals surface area contributed by atoms with Crippen LogP contribution in [0.15, 0.2) is 126 Å². The number of likely N-dealkylation sites (N-methyl/N-ethyl adjacent to an activating group) is 1. The number of thiophene rings is 2. The number of fused-ring (bicyclic) bond motifs is 3. The minimum Gasteiger partial charge on any atom is -0.481 e. The molecule has 7 nitrogen and oxygen atoms in total. The highest BCUT2D eigenvalue weighted by atomic mass is 32.1. The third-order valence-corrected chi connectivity index (χ3v) is 13.1. The van der Waals surface area contributed by atoms with Crippen LogP contribution in [-0.4, -0.2) is 34.5 Å². The molecule has 0 saturated heterocycles. The number of amides is 1. The van der Waals surface area contributed by atoms with Crippen LogP contribution in [0, 0.1) is 22.7 Å². The van der Waals surface area contributed by atoms with Gasteiger partial charge in [0.25, 0.3) is 5.91 Å². The zero-order valence-electron chi connectivity index (χ0n) is 30.2. The first-order chi connectivity index (χ1) is 26.8. The van der Waals surface area contributed by atoms with Crippen LogP contribution in [0.1, 0.15) is 54.5 Å². The maximum Gasteiger partial charge on any atom is 0.307 e. The largest absolute Gasteiger partial charge is 0.481 e. The van der Waals surface area contributed by atoms with E-state index >= 15 is 0 Å². The maximum absolute atomic E-state index is 13.3. The van der Waals surface area contributed by atoms with E-state index in [0.29, 0.717) is 12.0 Å². The first kappa shape index (κ1) is 35.8. The Morgan fingerprint density at radius 2 is 1.55 bits per heavy atom. The van der Waals surface area contributed by atoms with Crippen molar-refractivity contribution >= 4 is 58.1 Å². The molecule has 3 aromatic carbocycles. The van der Waals surface area contributed by atoms with E-state index in [1.54, 1.807) is 41.7 Å². The van der Waals surface area contributed by atoms with Crippen molar-refractivity contribution in [3.05, 3.63) is 142 Å². The van der Waals surface area contributed by atoms with Crippen LogP contribution in [0.3, 0.4) is 0 Å². The Hall–Kier alpha value is -6.26. The molecule has 270 valence electrons. The topological polar surface area (TPSA) is 108 Å². The minimum atomic E-state index is -1.15. The molecule has 8 rings (SSSR count). The Balaban J connectivity index is 1.03. The second-order valence-electron chi connectivity index (χ2n) is 13.8. The first-order valence-corrected chi connectivity index (χ1v) is 19.9. The summed E-state index contributed by atoms with van der Waals surface area (Å²) in [5.41, 5.74) is 8.86. The van der Waals surface area contributed by atoms with E-state index in [2.05, 4.69) is 96.4 Å². The number of benzene rings is 3. The molecule has 55 heavy (non-hydrogen) atoms. The van der Waals surface area contributed by atoms with Crippen molar-refractivity contribution in [3.8, 4) is 43.5 Å². The van der Waals surface area contributed by atoms with Gasteiger partial charge in [0.2, 0.25) is 0 Å². The molecule has 1 fully saturated rings. The lowest BCUT2D eigenvalue weighted by molar-refractivity contribution is -0.136. The van der Waals surface area contributed by atoms with Crippen molar-refractivity contribution in [2.24, 2.45) is 0 Å². The summed E-state index contributed by atoms with van der Waals surface area (Å²) in [7, 11) is 0. The number of carbonyl (C=O) groups is 2. The number of aliphatic carboxylic acids is 1. The molecule has 0 bridgehead atoms. The lowest BCUT2D eigenvalue weighted by Crippen LogP contribution is -2.26. The van der Waals surface area contributed by atoms with Crippen molar-refractivity contribution in [3.63, 3.8) is 0 Å². The van der Waals surface area contributed by atoms with Crippen LogP contribution in [0.4, 0.5) is 11.4 Å². The molecule has 1 saturated carbocycles. The van der Waals surface area contributed by atoms with Crippen molar-refractivity contribution < 1.29 is 14.7 Å². The number of nitrogens with zero attached hydrogens (tertiary/aromatic N) is 4. The molecule has 3 aliphatic rings. The first-order valence-electron chi connectivity index (χ1n) is 18.3. The molecule has 9 heteroatoms. The van der Waals surface area contributed by atoms with Crippen LogP contribution in [0.2, 0.25) is 0 Å². The lowest BCUT2D eigenvalue weighted by atomic mass is 9.95. The Kier molecular flexibility index (Phi) is 9.67. The summed E-state index contributed by atoms with van der Waals surface area (Å²) >= 11 is 3.33. The van der Waals surface area contributed by atoms with Crippen molar-refractivity contribution in [2.75, 3.05) is 11.4 Å². The van der Waals surface area contributed by atoms with Crippen molar-refractivity contribution in [1.29, 1.82) is 10.5 Å². The quantitative estimate of drug-likeness (QED) is 0.142. The predicted molar refractivity (Wildman–Crippen MR) is 222 cm³/mol. The number of carbonyl (C=O) groups excluding carboxylic acids is 1. The van der Waals surface area contributed by atoms with Gasteiger partial charge in [0, 0.05) is 60.5 Å². The van der Waals surface area contributed by atoms with Gasteiger partial charge < -0.3 is 14.9 Å². The van der Waals surface area contributed by atoms with E-state index in [1.165, 1.54) is 62.7 Å². The average molecular weight is 757 g/mol. The molecule has 2 aliphatic heterocycles. The van der Waals surface area contributed by atoms with Crippen LogP contribution < -0.4 is 4.90 Å². The van der Waals surface area contributed by atoms with Gasteiger partial charge in [-0.15, -0.1) is 22.7 Å². The fourth-order valence-electron chi connectivity index (χ4n) is 8.22. The van der Waals surface area contributed by atoms with Crippen LogP contribution in [0.5, 0.6) is 0 Å². The standard InChI is InChI=1S/C46H36N4O3S2/c1-3-28-8-10-29(11-9-28)30-12-15-33(16-13-30)50-39-7-5-6-35(39)37-24-31(14-20-40(37)50)41-22-23-43(55-41)42-21-18-34(54-42)17-19-36-38(25-44(51)52)45(32(26-47)27-48)49(4-2)46(36)53/h3,8-24,35,39H,1,4-7,25H2,2H3,(H,51,52)/b19-17+. The Bertz CT molecular complexity index is 2520. The zero-order chi connectivity index (χ0) is 38.2. The molecule has 0 spiro atoms. The fourth-order valence-corrected chi connectivity index (χ4v) is 10.2. The van der Waals surface area contributed by atoms with Crippen molar-refractivity contribution in [1.82, 2.24) is 4.90 Å². The molecule has 1 amide bonds. The number of hydrogen-bond acceptors (Lipinski definition) is 7. The number of nitriles is 2. The normalized spacial score (nSPS) is 17.4. The highest BCUT2D eigenvalue weighted by Crippen LogP contribution is 2.53. The summed E-state index contributed by atoms with van der Waals surface area (Å²) in [6.45, 7) is 5.80. The van der Waals surface area contributed by atoms with Gasteiger partial charge in [-0.25, -0.2) is 0 Å². The number of rotatable bonds is 10. The molecule has 2 aromatic heterocycles. The maximum atomic E-state index is 13.3. The molecule has 5 aromatic rings. The van der Waals surface area contributed by atoms with E-state index in [-0.39, 0.29) is 29.0 Å². The smallest absolute Gasteiger partial charge is 0.307 e. The number of hydrogen-bond donors (Lipinski definition) is 1. The second-order valence-corrected chi connectivity index (χ2v) is 16.0. The molecular weight excluding hydrogens is 721 g/mol. The third-order valence-electron chi connectivity index (χ3n) is 10.8. The molecule has 1 N–H and O–H groups in total. The summed E-state index contributed by atoms with van der Waals surface area (Å²) in [5, 5.41) is 28.7. The summed E-state index contributed by atoms with van der Waals surface area (Å²) in [6, 6.07) is 36.9. The van der Waals surface area contributed by atoms with Crippen molar-refractivity contribution in [2.45, 2.75) is 44.6 Å². The van der Waals surface area contributed by atoms with Gasteiger partial charge in [0.1, 0.15) is 12.1 Å². The Labute approximate surface area is 328 Å². The molecule has 1 aliphatic carbocycles. The second kappa shape index (κ2) is 14.9. The van der Waals surface area contributed by atoms with E-state index in [1.807, 2.05) is 24.3 Å². The average Bonchev–Trinajstić information content (AvgIpc) is 4.05. The molecular formula is C46H36N4O3S2. The van der Waals surface area contributed by atoms with Gasteiger partial charge in [0.15, 0.2) is 5.57 Å². The third kappa shape index (κ3) is 6.52. The molecule has 0 radical (unpaired) electrons. The van der Waals surface area contributed by atoms with E-state index in [4.69, 9.17) is 0 Å². The SMILES string of the molecule is C=Cc1ccc(-c2ccc(N3c4ccc(-c5ccc(-c6ccc(/C=C/C7=C(CC(=O)O)C(=C(C#N)C#N)N(CC)C7=O)s6)s5)cc4C4CCCC43)cc2)cc1. The molecule has 4 heterocycles. The Morgan fingerprint density at radius 1 is 0.873 bits per heavy atom. The number of carboxylic acids is 1. The van der Waals surface area contributed by atoms with Gasteiger partial charge in [-0.05, 0) is 108 Å². The van der Waals surface area contributed by atoms with Gasteiger partial charge in [-0.1, -0.05) is 61.5 Å². The lowest BCUT2D eigenvalue weighted by Gasteiger charge is -2.27. The molecule has 2 unspecified atom stereocenters. The number of allylic oxidation sites excluding steroid dienone is 2. The summed E-state index contributed by atoms with van der Waals surface area (Å²) in [4.78, 5) is 33.3. The summed E-state index contributed by atoms with van der Waals surface area (Å²) in [5.74, 6) is -1.06. The highest BCUT2D eigenvalue weighted by molar-refractivity contribution is 7.24. The Morgan fingerprint density at radius 3 is 2.24 bits per heavy atom. The predicted octanol–water partition coefficient (Wildman–Crippen LogP) is 11.2. The minimum absolute atomic E-state index is 0.0839. The van der Waals surface area contributed by atoms with E-state index in [0.717, 1.165) is 20.2 Å². The van der Waals surface area contributed by atoms with Gasteiger partial charge in [0.05, 0.1) is 12.1 Å². The number of anilines is 2. The van der Waals surface area contributed by atoms with Gasteiger partial charge in [-0.2, -0.15) is 10.5 Å². The number of carboxylic acid groups (broad SMARTS) is 1.